The summed E-state index contributed by atoms with van der Waals surface area (Å²) in [4.78, 5) is 2.43. The molecule has 0 saturated heterocycles. The Balaban J connectivity index is 1.22. The monoisotopic (exact) mass is 805 g/mol. The molecule has 0 aliphatic heterocycles. The van der Waals surface area contributed by atoms with Crippen molar-refractivity contribution in [2.45, 2.75) is 11.8 Å². The van der Waals surface area contributed by atoms with Gasteiger partial charge in [-0.25, -0.2) is 0 Å². The van der Waals surface area contributed by atoms with Crippen molar-refractivity contribution >= 4 is 17.1 Å². The van der Waals surface area contributed by atoms with Crippen molar-refractivity contribution in [3.05, 3.63) is 295 Å². The van der Waals surface area contributed by atoms with Crippen LogP contribution >= 0.6 is 0 Å². The van der Waals surface area contributed by atoms with Crippen LogP contribution in [0.15, 0.2) is 273 Å². The highest BCUT2D eigenvalue weighted by molar-refractivity contribution is 5.93. The Morgan fingerprint density at radius 3 is 1.67 bits per heavy atom. The molecule has 0 fully saturated rings. The van der Waals surface area contributed by atoms with Crippen molar-refractivity contribution in [2.75, 3.05) is 4.90 Å². The van der Waals surface area contributed by atoms with Gasteiger partial charge < -0.3 is 4.90 Å². The van der Waals surface area contributed by atoms with Crippen LogP contribution in [0.4, 0.5) is 17.1 Å². The van der Waals surface area contributed by atoms with E-state index in [2.05, 4.69) is 272 Å². The highest BCUT2D eigenvalue weighted by Gasteiger charge is 2.47. The van der Waals surface area contributed by atoms with Gasteiger partial charge in [0.25, 0.3) is 0 Å². The average molecular weight is 806 g/mol. The van der Waals surface area contributed by atoms with Crippen molar-refractivity contribution in [2.24, 2.45) is 0 Å². The van der Waals surface area contributed by atoms with Gasteiger partial charge in [-0.1, -0.05) is 231 Å². The molecule has 10 rings (SSSR count). The lowest BCUT2D eigenvalue weighted by molar-refractivity contribution is 0.768. The summed E-state index contributed by atoms with van der Waals surface area (Å²) in [5, 5.41) is 0. The van der Waals surface area contributed by atoms with Crippen molar-refractivity contribution in [1.29, 1.82) is 0 Å². The molecular weight excluding hydrogens is 759 g/mol. The topological polar surface area (TPSA) is 3.24 Å². The first-order valence-electron chi connectivity index (χ1n) is 21.8. The molecule has 1 unspecified atom stereocenters. The smallest absolute Gasteiger partial charge is 0.0714 e. The molecule has 0 spiro atoms. The van der Waals surface area contributed by atoms with Crippen LogP contribution < -0.4 is 4.90 Å². The van der Waals surface area contributed by atoms with Crippen LogP contribution in [0.5, 0.6) is 0 Å². The zero-order valence-electron chi connectivity index (χ0n) is 35.2. The maximum absolute atomic E-state index is 4.56. The van der Waals surface area contributed by atoms with E-state index >= 15 is 0 Å². The van der Waals surface area contributed by atoms with Gasteiger partial charge in [0.15, 0.2) is 0 Å². The minimum atomic E-state index is -0.687. The summed E-state index contributed by atoms with van der Waals surface area (Å²) < 4.78 is 0. The third kappa shape index (κ3) is 7.45. The normalized spacial score (nSPS) is 14.3. The second kappa shape index (κ2) is 17.5. The van der Waals surface area contributed by atoms with E-state index in [0.29, 0.717) is 0 Å². The number of fused-ring (bicyclic) bond motifs is 3. The van der Waals surface area contributed by atoms with E-state index in [4.69, 9.17) is 0 Å². The molecule has 0 radical (unpaired) electrons. The van der Waals surface area contributed by atoms with Crippen molar-refractivity contribution in [3.63, 3.8) is 0 Å². The molecule has 1 aliphatic rings. The molecule has 0 saturated carbocycles. The molecule has 0 heterocycles. The molecular formula is C62H47N. The molecule has 0 bridgehead atoms. The lowest BCUT2D eigenvalue weighted by Crippen LogP contribution is -2.29. The van der Waals surface area contributed by atoms with Gasteiger partial charge in [0.1, 0.15) is 0 Å². The van der Waals surface area contributed by atoms with Crippen LogP contribution in [0.1, 0.15) is 22.3 Å². The van der Waals surface area contributed by atoms with E-state index < -0.39 is 5.41 Å². The van der Waals surface area contributed by atoms with Crippen LogP contribution in [0.3, 0.4) is 0 Å². The molecule has 9 aromatic carbocycles. The Morgan fingerprint density at radius 1 is 0.429 bits per heavy atom. The Morgan fingerprint density at radius 2 is 0.968 bits per heavy atom. The molecule has 0 amide bonds. The summed E-state index contributed by atoms with van der Waals surface area (Å²) in [6.45, 7) is 4.56. The SMILES string of the molecule is C=CC(=CC=CCc1ccccc1)C1(c2cccc(-c3ccccc3)c2)c2ccccc2-c2ccc(N(c3ccc(-c4ccccc4)cc3)c3ccccc3-c3ccccc3)cc21. The number of rotatable bonds is 12. The summed E-state index contributed by atoms with van der Waals surface area (Å²) in [5.74, 6) is 0. The van der Waals surface area contributed by atoms with Gasteiger partial charge >= 0.3 is 0 Å². The summed E-state index contributed by atoms with van der Waals surface area (Å²) >= 11 is 0. The van der Waals surface area contributed by atoms with E-state index in [1.54, 1.807) is 0 Å². The van der Waals surface area contributed by atoms with Gasteiger partial charge in [-0.05, 0) is 110 Å². The molecule has 1 atom stereocenters. The number of benzene rings is 9. The molecule has 1 aliphatic carbocycles. The number of allylic oxidation sites excluding steroid dienone is 5. The lowest BCUT2D eigenvalue weighted by Gasteiger charge is -2.36. The Hall–Kier alpha value is -8.00. The number of nitrogens with zero attached hydrogens (tertiary/aromatic N) is 1. The lowest BCUT2D eigenvalue weighted by atomic mass is 9.66. The van der Waals surface area contributed by atoms with E-state index in [9.17, 15) is 0 Å². The van der Waals surface area contributed by atoms with Gasteiger partial charge in [-0.3, -0.25) is 0 Å². The highest BCUT2D eigenvalue weighted by atomic mass is 15.1. The highest BCUT2D eigenvalue weighted by Crippen LogP contribution is 2.58. The van der Waals surface area contributed by atoms with Crippen LogP contribution in [-0.2, 0) is 11.8 Å². The minimum absolute atomic E-state index is 0.687. The van der Waals surface area contributed by atoms with Crippen LogP contribution in [-0.4, -0.2) is 0 Å². The van der Waals surface area contributed by atoms with E-state index in [0.717, 1.165) is 34.6 Å². The van der Waals surface area contributed by atoms with Crippen LogP contribution in [0.2, 0.25) is 0 Å². The summed E-state index contributed by atoms with van der Waals surface area (Å²) in [6, 6.07) is 85.6. The number of hydrogen-bond donors (Lipinski definition) is 0. The predicted octanol–water partition coefficient (Wildman–Crippen LogP) is 16.4. The summed E-state index contributed by atoms with van der Waals surface area (Å²) in [6.07, 6.45) is 9.68. The Kier molecular flexibility index (Phi) is 10.9. The van der Waals surface area contributed by atoms with Crippen LogP contribution in [0, 0.1) is 0 Å². The Labute approximate surface area is 371 Å². The van der Waals surface area contributed by atoms with Crippen molar-refractivity contribution in [3.8, 4) is 44.5 Å². The quantitative estimate of drug-likeness (QED) is 0.111. The molecule has 1 heteroatoms. The summed E-state index contributed by atoms with van der Waals surface area (Å²) in [7, 11) is 0. The Bertz CT molecular complexity index is 3070. The first kappa shape index (κ1) is 39.2. The fraction of sp³-hybridized carbons (Fsp3) is 0.0323. The largest absolute Gasteiger partial charge is 0.310 e. The number of hydrogen-bond acceptors (Lipinski definition) is 1. The number of anilines is 3. The third-order valence-corrected chi connectivity index (χ3v) is 12.4. The van der Waals surface area contributed by atoms with Gasteiger partial charge in [0.05, 0.1) is 11.1 Å². The molecule has 0 aromatic heterocycles. The van der Waals surface area contributed by atoms with Gasteiger partial charge in [0.2, 0.25) is 0 Å². The van der Waals surface area contributed by atoms with Crippen LogP contribution in [0.25, 0.3) is 44.5 Å². The maximum Gasteiger partial charge on any atom is 0.0714 e. The van der Waals surface area contributed by atoms with Gasteiger partial charge in [-0.15, -0.1) is 0 Å². The molecule has 9 aromatic rings. The standard InChI is InChI=1S/C62H47N/c1-2-52(32-16-15-24-46-22-7-3-8-23-46)62(53-33-21-31-51(44-53)48-27-11-5-12-28-48)59-36-19-17-35-57(59)58-43-42-55(45-60(58)62)63(54-40-38-49(39-41-54)47-25-9-4-10-26-47)61-37-20-18-34-56(61)50-29-13-6-14-30-50/h2-23,25-45H,1,24H2. The minimum Gasteiger partial charge on any atom is -0.310 e. The second-order valence-electron chi connectivity index (χ2n) is 16.0. The zero-order valence-corrected chi connectivity index (χ0v) is 35.2. The van der Waals surface area contributed by atoms with E-state index in [1.807, 2.05) is 0 Å². The van der Waals surface area contributed by atoms with Gasteiger partial charge in [0, 0.05) is 16.9 Å². The third-order valence-electron chi connectivity index (χ3n) is 12.4. The summed E-state index contributed by atoms with van der Waals surface area (Å²) in [5.41, 5.74) is 18.1. The van der Waals surface area contributed by atoms with E-state index in [-0.39, 0.29) is 0 Å². The zero-order chi connectivity index (χ0) is 42.4. The first-order chi connectivity index (χ1) is 31.2. The first-order valence-corrected chi connectivity index (χ1v) is 21.8. The van der Waals surface area contributed by atoms with Crippen molar-refractivity contribution < 1.29 is 0 Å². The molecule has 63 heavy (non-hydrogen) atoms. The fourth-order valence-electron chi connectivity index (χ4n) is 9.49. The molecule has 0 N–H and O–H groups in total. The molecule has 300 valence electrons. The van der Waals surface area contributed by atoms with Gasteiger partial charge in [-0.2, -0.15) is 0 Å². The molecule has 1 nitrogen and oxygen atoms in total. The van der Waals surface area contributed by atoms with Crippen molar-refractivity contribution in [1.82, 2.24) is 0 Å². The second-order valence-corrected chi connectivity index (χ2v) is 16.0. The fourth-order valence-corrected chi connectivity index (χ4v) is 9.49. The number of para-hydroxylation sites is 1. The average Bonchev–Trinajstić information content (AvgIpc) is 3.66. The predicted molar refractivity (Wildman–Crippen MR) is 267 cm³/mol. The maximum atomic E-state index is 4.56. The van der Waals surface area contributed by atoms with E-state index in [1.165, 1.54) is 61.2 Å².